The minimum Gasteiger partial charge on any atom is -0.485 e. The van der Waals surface area contributed by atoms with Crippen LogP contribution in [0.2, 0.25) is 0 Å². The van der Waals surface area contributed by atoms with Gasteiger partial charge in [-0.3, -0.25) is 4.90 Å². The van der Waals surface area contributed by atoms with E-state index in [4.69, 9.17) is 21.1 Å². The zero-order valence-electron chi connectivity index (χ0n) is 17.3. The Morgan fingerprint density at radius 1 is 1.10 bits per heavy atom. The van der Waals surface area contributed by atoms with Gasteiger partial charge in [-0.2, -0.15) is 5.26 Å². The summed E-state index contributed by atoms with van der Waals surface area (Å²) in [5.74, 6) is -0.103. The number of likely N-dealkylation sites (tertiary alicyclic amines) is 1. The van der Waals surface area contributed by atoms with Crippen molar-refractivity contribution in [1.29, 1.82) is 5.26 Å². The molecule has 31 heavy (non-hydrogen) atoms. The van der Waals surface area contributed by atoms with Gasteiger partial charge in [0.1, 0.15) is 11.8 Å². The van der Waals surface area contributed by atoms with Crippen LogP contribution in [0.3, 0.4) is 0 Å². The van der Waals surface area contributed by atoms with Crippen molar-refractivity contribution in [3.8, 4) is 17.6 Å². The van der Waals surface area contributed by atoms with Crippen LogP contribution in [0.15, 0.2) is 64.8 Å². The Labute approximate surface area is 187 Å². The summed E-state index contributed by atoms with van der Waals surface area (Å²) in [4.78, 5) is 6.94. The van der Waals surface area contributed by atoms with Crippen LogP contribution in [0, 0.1) is 11.3 Å². The molecule has 7 heteroatoms. The average Bonchev–Trinajstić information content (AvgIpc) is 2.79. The molecule has 160 valence electrons. The number of ether oxygens (including phenoxy) is 2. The lowest BCUT2D eigenvalue weighted by Crippen LogP contribution is -2.57. The van der Waals surface area contributed by atoms with Gasteiger partial charge in [0.2, 0.25) is 0 Å². The molecule has 0 bridgehead atoms. The van der Waals surface area contributed by atoms with Crippen molar-refractivity contribution < 1.29 is 9.47 Å². The van der Waals surface area contributed by atoms with Crippen molar-refractivity contribution in [3.63, 3.8) is 0 Å². The van der Waals surface area contributed by atoms with E-state index in [1.165, 1.54) is 6.42 Å². The Kier molecular flexibility index (Phi) is 6.76. The molecule has 2 aliphatic rings. The monoisotopic (exact) mass is 436 g/mol. The van der Waals surface area contributed by atoms with Crippen LogP contribution in [-0.2, 0) is 6.61 Å². The number of piperidine rings is 1. The van der Waals surface area contributed by atoms with Gasteiger partial charge in [0.15, 0.2) is 11.5 Å². The first-order valence-corrected chi connectivity index (χ1v) is 10.8. The van der Waals surface area contributed by atoms with E-state index in [1.807, 2.05) is 30.3 Å². The molecule has 2 aromatic carbocycles. The number of allylic oxidation sites excluding steroid dienone is 1. The SMILES string of the molecule is N#Cc1ccc(OCc2ccccc2)c(OC2(CN3CCCCC3)N=CC=C(Cl)N2)c1. The highest BCUT2D eigenvalue weighted by Crippen LogP contribution is 2.33. The molecule has 4 rings (SSSR count). The topological polar surface area (TPSA) is 69.9 Å². The molecule has 0 spiro atoms. The van der Waals surface area contributed by atoms with Crippen molar-refractivity contribution >= 4 is 17.8 Å². The van der Waals surface area contributed by atoms with E-state index in [0.717, 1.165) is 31.5 Å². The third kappa shape index (κ3) is 5.57. The van der Waals surface area contributed by atoms with E-state index in [0.29, 0.717) is 35.4 Å². The first kappa shape index (κ1) is 21.2. The lowest BCUT2D eigenvalue weighted by molar-refractivity contribution is 0.00708. The Balaban J connectivity index is 1.59. The van der Waals surface area contributed by atoms with Crippen molar-refractivity contribution in [2.75, 3.05) is 19.6 Å². The number of hydrogen-bond acceptors (Lipinski definition) is 6. The highest BCUT2D eigenvalue weighted by Gasteiger charge is 2.37. The predicted octanol–water partition coefficient (Wildman–Crippen LogP) is 4.41. The molecular formula is C24H25ClN4O2. The second-order valence-corrected chi connectivity index (χ2v) is 8.10. The highest BCUT2D eigenvalue weighted by molar-refractivity contribution is 6.30. The zero-order valence-corrected chi connectivity index (χ0v) is 18.0. The zero-order chi connectivity index (χ0) is 21.5. The lowest BCUT2D eigenvalue weighted by Gasteiger charge is -2.38. The second-order valence-electron chi connectivity index (χ2n) is 7.69. The number of halogens is 1. The molecule has 2 aromatic rings. The Bertz CT molecular complexity index is 996. The summed E-state index contributed by atoms with van der Waals surface area (Å²) >= 11 is 6.30. The van der Waals surface area contributed by atoms with Gasteiger partial charge >= 0.3 is 0 Å². The molecular weight excluding hydrogens is 412 g/mol. The smallest absolute Gasteiger partial charge is 0.292 e. The summed E-state index contributed by atoms with van der Waals surface area (Å²) in [6.07, 6.45) is 6.89. The van der Waals surface area contributed by atoms with Crippen LogP contribution in [0.5, 0.6) is 11.5 Å². The van der Waals surface area contributed by atoms with Gasteiger partial charge in [0.25, 0.3) is 5.85 Å². The minimum atomic E-state index is -1.10. The van der Waals surface area contributed by atoms with Crippen molar-refractivity contribution in [2.24, 2.45) is 4.99 Å². The maximum Gasteiger partial charge on any atom is 0.292 e. The maximum absolute atomic E-state index is 9.40. The molecule has 0 saturated carbocycles. The third-order valence-electron chi connectivity index (χ3n) is 5.29. The fraction of sp³-hybridized carbons (Fsp3) is 0.333. The number of nitriles is 1. The number of nitrogens with one attached hydrogen (secondary N) is 1. The normalized spacial score (nSPS) is 21.0. The predicted molar refractivity (Wildman–Crippen MR) is 121 cm³/mol. The summed E-state index contributed by atoms with van der Waals surface area (Å²) in [5, 5.41) is 13.0. The first-order chi connectivity index (χ1) is 15.2. The van der Waals surface area contributed by atoms with Crippen LogP contribution < -0.4 is 14.8 Å². The van der Waals surface area contributed by atoms with Gasteiger partial charge in [0, 0.05) is 12.3 Å². The second kappa shape index (κ2) is 9.86. The van der Waals surface area contributed by atoms with Gasteiger partial charge in [-0.15, -0.1) is 0 Å². The van der Waals surface area contributed by atoms with E-state index >= 15 is 0 Å². The van der Waals surface area contributed by atoms with Crippen LogP contribution in [0.4, 0.5) is 0 Å². The summed E-state index contributed by atoms with van der Waals surface area (Å²) in [6, 6.07) is 17.2. The van der Waals surface area contributed by atoms with Crippen molar-refractivity contribution in [1.82, 2.24) is 10.2 Å². The minimum absolute atomic E-state index is 0.388. The van der Waals surface area contributed by atoms with Gasteiger partial charge in [-0.25, -0.2) is 4.99 Å². The molecule has 1 atom stereocenters. The molecule has 0 aromatic heterocycles. The first-order valence-electron chi connectivity index (χ1n) is 10.5. The molecule has 2 aliphatic heterocycles. The fourth-order valence-electron chi connectivity index (χ4n) is 3.76. The van der Waals surface area contributed by atoms with E-state index in [-0.39, 0.29) is 0 Å². The third-order valence-corrected chi connectivity index (χ3v) is 5.51. The van der Waals surface area contributed by atoms with Crippen molar-refractivity contribution in [3.05, 3.63) is 70.9 Å². The van der Waals surface area contributed by atoms with Gasteiger partial charge in [-0.05, 0) is 49.7 Å². The van der Waals surface area contributed by atoms with Gasteiger partial charge in [0.05, 0.1) is 18.2 Å². The van der Waals surface area contributed by atoms with E-state index in [1.54, 1.807) is 30.5 Å². The van der Waals surface area contributed by atoms with E-state index < -0.39 is 5.85 Å². The molecule has 1 unspecified atom stereocenters. The number of benzene rings is 2. The van der Waals surface area contributed by atoms with E-state index in [2.05, 4.69) is 21.3 Å². The Morgan fingerprint density at radius 3 is 2.65 bits per heavy atom. The summed E-state index contributed by atoms with van der Waals surface area (Å²) in [6.45, 7) is 2.89. The Morgan fingerprint density at radius 2 is 1.90 bits per heavy atom. The number of aliphatic imine (C=N–C) groups is 1. The van der Waals surface area contributed by atoms with Crippen LogP contribution in [0.25, 0.3) is 0 Å². The summed E-state index contributed by atoms with van der Waals surface area (Å²) in [5.41, 5.74) is 1.53. The summed E-state index contributed by atoms with van der Waals surface area (Å²) in [7, 11) is 0. The largest absolute Gasteiger partial charge is 0.485 e. The van der Waals surface area contributed by atoms with Gasteiger partial charge in [-0.1, -0.05) is 48.4 Å². The van der Waals surface area contributed by atoms with Crippen molar-refractivity contribution in [2.45, 2.75) is 31.7 Å². The van der Waals surface area contributed by atoms with Crippen LogP contribution in [-0.4, -0.2) is 36.6 Å². The highest BCUT2D eigenvalue weighted by atomic mass is 35.5. The maximum atomic E-state index is 9.40. The molecule has 6 nitrogen and oxygen atoms in total. The molecule has 1 saturated heterocycles. The molecule has 0 aliphatic carbocycles. The molecule has 0 amide bonds. The molecule has 0 radical (unpaired) electrons. The molecule has 1 fully saturated rings. The number of rotatable bonds is 7. The standard InChI is InChI=1S/C24H25ClN4O2/c25-23-11-12-27-24(28-23,18-29-13-5-2-6-14-29)31-22-15-20(16-26)9-10-21(22)30-17-19-7-3-1-4-8-19/h1,3-4,7-12,15,28H,2,5-6,13-14,17-18H2. The Hall–Kier alpha value is -3.01. The lowest BCUT2D eigenvalue weighted by atomic mass is 10.1. The number of nitrogens with zero attached hydrogens (tertiary/aromatic N) is 3. The molecule has 1 N–H and O–H groups in total. The fourth-order valence-corrected chi connectivity index (χ4v) is 3.97. The van der Waals surface area contributed by atoms with Crippen LogP contribution >= 0.6 is 11.6 Å². The summed E-state index contributed by atoms with van der Waals surface area (Å²) < 4.78 is 12.5. The quantitative estimate of drug-likeness (QED) is 0.651. The van der Waals surface area contributed by atoms with Gasteiger partial charge < -0.3 is 14.8 Å². The molecule has 2 heterocycles. The number of hydrogen-bond donors (Lipinski definition) is 1. The van der Waals surface area contributed by atoms with Crippen LogP contribution in [0.1, 0.15) is 30.4 Å². The van der Waals surface area contributed by atoms with E-state index in [9.17, 15) is 5.26 Å². The average molecular weight is 437 g/mol.